The summed E-state index contributed by atoms with van der Waals surface area (Å²) < 4.78 is 28.9. The maximum atomic E-state index is 14.0. The molecule has 1 unspecified atom stereocenters. The van der Waals surface area contributed by atoms with Crippen molar-refractivity contribution < 1.29 is 18.4 Å². The van der Waals surface area contributed by atoms with Crippen molar-refractivity contribution in [2.75, 3.05) is 16.8 Å². The number of nitrogens with zero attached hydrogens (tertiary/aromatic N) is 3. The van der Waals surface area contributed by atoms with Gasteiger partial charge in [0.15, 0.2) is 0 Å². The number of aryl methyl sites for hydroxylation is 1. The lowest BCUT2D eigenvalue weighted by molar-refractivity contribution is -0.122. The average molecular weight is 374 g/mol. The summed E-state index contributed by atoms with van der Waals surface area (Å²) in [4.78, 5) is 26.2. The van der Waals surface area contributed by atoms with E-state index >= 15 is 0 Å². The Bertz CT molecular complexity index is 907. The Morgan fingerprint density at radius 3 is 2.81 bits per heavy atom. The molecular weight excluding hydrogens is 354 g/mol. The van der Waals surface area contributed by atoms with Crippen LogP contribution in [0.1, 0.15) is 24.8 Å². The molecule has 0 spiro atoms. The number of hydrogen-bond acceptors (Lipinski definition) is 3. The van der Waals surface area contributed by atoms with Crippen LogP contribution in [0.5, 0.6) is 0 Å². The van der Waals surface area contributed by atoms with E-state index in [2.05, 4.69) is 10.4 Å². The monoisotopic (exact) mass is 374 g/mol. The fourth-order valence-electron chi connectivity index (χ4n) is 3.36. The van der Waals surface area contributed by atoms with Crippen molar-refractivity contribution in [1.82, 2.24) is 9.78 Å². The van der Waals surface area contributed by atoms with Crippen molar-refractivity contribution >= 4 is 23.3 Å². The van der Waals surface area contributed by atoms with Crippen LogP contribution in [0.25, 0.3) is 0 Å². The predicted octanol–water partition coefficient (Wildman–Crippen LogP) is 2.87. The van der Waals surface area contributed by atoms with Crippen molar-refractivity contribution in [2.24, 2.45) is 11.8 Å². The molecule has 1 saturated heterocycles. The molecule has 2 amide bonds. The summed E-state index contributed by atoms with van der Waals surface area (Å²) >= 11 is 0. The lowest BCUT2D eigenvalue weighted by atomic mass is 10.1. The van der Waals surface area contributed by atoms with E-state index < -0.39 is 17.6 Å². The van der Waals surface area contributed by atoms with Crippen LogP contribution in [0.4, 0.5) is 20.3 Å². The zero-order valence-corrected chi connectivity index (χ0v) is 14.9. The molecule has 1 atom stereocenters. The fraction of sp³-hybridized carbons (Fsp3) is 0.421. The minimum Gasteiger partial charge on any atom is -0.310 e. The molecule has 2 fully saturated rings. The molecule has 8 heteroatoms. The highest BCUT2D eigenvalue weighted by Crippen LogP contribution is 2.32. The zero-order valence-electron chi connectivity index (χ0n) is 14.9. The van der Waals surface area contributed by atoms with Crippen LogP contribution < -0.4 is 10.2 Å². The number of rotatable bonds is 5. The third kappa shape index (κ3) is 3.56. The van der Waals surface area contributed by atoms with Crippen LogP contribution in [0.2, 0.25) is 0 Å². The first-order valence-corrected chi connectivity index (χ1v) is 9.01. The minimum absolute atomic E-state index is 0.00773. The summed E-state index contributed by atoms with van der Waals surface area (Å²) in [6.45, 7) is 2.69. The molecule has 0 radical (unpaired) electrons. The maximum absolute atomic E-state index is 14.0. The third-order valence-electron chi connectivity index (χ3n) is 5.09. The Morgan fingerprint density at radius 1 is 1.33 bits per heavy atom. The molecule has 2 heterocycles. The quantitative estimate of drug-likeness (QED) is 0.875. The Balaban J connectivity index is 1.47. The highest BCUT2D eigenvalue weighted by atomic mass is 19.1. The average Bonchev–Trinajstić information content (AvgIpc) is 3.27. The van der Waals surface area contributed by atoms with Gasteiger partial charge in [0.05, 0.1) is 17.8 Å². The van der Waals surface area contributed by atoms with Gasteiger partial charge in [0.25, 0.3) is 0 Å². The van der Waals surface area contributed by atoms with E-state index in [-0.39, 0.29) is 30.5 Å². The Labute approximate surface area is 155 Å². The van der Waals surface area contributed by atoms with E-state index in [0.29, 0.717) is 11.7 Å². The third-order valence-corrected chi connectivity index (χ3v) is 5.09. The maximum Gasteiger partial charge on any atom is 0.230 e. The van der Waals surface area contributed by atoms with Gasteiger partial charge in [0.2, 0.25) is 11.8 Å². The van der Waals surface area contributed by atoms with Crippen LogP contribution in [-0.4, -0.2) is 28.1 Å². The second kappa shape index (κ2) is 6.75. The number of carbonyl (C=O) groups excluding carboxylic acids is 2. The summed E-state index contributed by atoms with van der Waals surface area (Å²) in [6.07, 6.45) is 4.03. The highest BCUT2D eigenvalue weighted by molar-refractivity contribution is 6.03. The Kier molecular flexibility index (Phi) is 4.41. The van der Waals surface area contributed by atoms with Crippen LogP contribution in [0, 0.1) is 30.4 Å². The number of anilines is 2. The molecule has 1 aliphatic heterocycles. The summed E-state index contributed by atoms with van der Waals surface area (Å²) in [6, 6.07) is 3.05. The Morgan fingerprint density at radius 2 is 2.11 bits per heavy atom. The number of nitrogens with one attached hydrogen (secondary N) is 1. The molecule has 4 rings (SSSR count). The van der Waals surface area contributed by atoms with Gasteiger partial charge < -0.3 is 10.2 Å². The molecule has 2 aromatic rings. The molecule has 0 bridgehead atoms. The smallest absolute Gasteiger partial charge is 0.230 e. The predicted molar refractivity (Wildman–Crippen MR) is 95.1 cm³/mol. The lowest BCUT2D eigenvalue weighted by Gasteiger charge is -2.17. The van der Waals surface area contributed by atoms with Gasteiger partial charge in [-0.3, -0.25) is 9.59 Å². The summed E-state index contributed by atoms with van der Waals surface area (Å²) in [5.74, 6) is -1.54. The standard InChI is InChI=1S/C19H20F2N4O2/c1-11-8-22-25(9-12-2-3-12)18(11)23-19(27)13-6-17(26)24(10-13)16-5-4-14(20)7-15(16)21/h4-5,7-8,12-13H,2-3,6,9-10H2,1H3,(H,23,27). The van der Waals surface area contributed by atoms with Crippen LogP contribution in [0.3, 0.4) is 0 Å². The van der Waals surface area contributed by atoms with E-state index in [4.69, 9.17) is 0 Å². The van der Waals surface area contributed by atoms with Gasteiger partial charge >= 0.3 is 0 Å². The van der Waals surface area contributed by atoms with Crippen LogP contribution >= 0.6 is 0 Å². The molecule has 6 nitrogen and oxygen atoms in total. The molecule has 27 heavy (non-hydrogen) atoms. The number of hydrogen-bond donors (Lipinski definition) is 1. The van der Waals surface area contributed by atoms with E-state index in [0.717, 1.165) is 24.2 Å². The van der Waals surface area contributed by atoms with Gasteiger partial charge in [-0.1, -0.05) is 0 Å². The fourth-order valence-corrected chi connectivity index (χ4v) is 3.36. The SMILES string of the molecule is Cc1cnn(CC2CC2)c1NC(=O)C1CC(=O)N(c2ccc(F)cc2F)C1. The van der Waals surface area contributed by atoms with E-state index in [1.807, 2.05) is 6.92 Å². The molecule has 142 valence electrons. The van der Waals surface area contributed by atoms with E-state index in [1.54, 1.807) is 10.9 Å². The second-order valence-electron chi connectivity index (χ2n) is 7.29. The molecule has 1 N–H and O–H groups in total. The van der Waals surface area contributed by atoms with Crippen molar-refractivity contribution in [2.45, 2.75) is 32.7 Å². The number of benzene rings is 1. The lowest BCUT2D eigenvalue weighted by Crippen LogP contribution is -2.29. The van der Waals surface area contributed by atoms with Gasteiger partial charge in [0, 0.05) is 31.1 Å². The van der Waals surface area contributed by atoms with Crippen molar-refractivity contribution in [3.63, 3.8) is 0 Å². The number of halogens is 2. The largest absolute Gasteiger partial charge is 0.310 e. The number of carbonyl (C=O) groups is 2. The van der Waals surface area contributed by atoms with Gasteiger partial charge in [-0.15, -0.1) is 0 Å². The number of amides is 2. The first kappa shape index (κ1) is 17.6. The first-order chi connectivity index (χ1) is 12.9. The molecule has 2 aliphatic rings. The topological polar surface area (TPSA) is 67.2 Å². The van der Waals surface area contributed by atoms with Crippen molar-refractivity contribution in [1.29, 1.82) is 0 Å². The summed E-state index contributed by atoms with van der Waals surface area (Å²) in [5, 5.41) is 7.19. The number of aromatic nitrogens is 2. The summed E-state index contributed by atoms with van der Waals surface area (Å²) in [7, 11) is 0. The van der Waals surface area contributed by atoms with Crippen LogP contribution in [0.15, 0.2) is 24.4 Å². The van der Waals surface area contributed by atoms with Crippen molar-refractivity contribution in [3.8, 4) is 0 Å². The van der Waals surface area contributed by atoms with Gasteiger partial charge in [-0.25, -0.2) is 13.5 Å². The molecular formula is C19H20F2N4O2. The first-order valence-electron chi connectivity index (χ1n) is 9.01. The van der Waals surface area contributed by atoms with Gasteiger partial charge in [0.1, 0.15) is 17.5 Å². The van der Waals surface area contributed by atoms with E-state index in [1.165, 1.54) is 23.8 Å². The van der Waals surface area contributed by atoms with Crippen molar-refractivity contribution in [3.05, 3.63) is 41.6 Å². The minimum atomic E-state index is -0.817. The summed E-state index contributed by atoms with van der Waals surface area (Å²) in [5.41, 5.74) is 0.849. The normalized spacial score (nSPS) is 19.6. The Hall–Kier alpha value is -2.77. The molecule has 1 aromatic carbocycles. The zero-order chi connectivity index (χ0) is 19.1. The van der Waals surface area contributed by atoms with Gasteiger partial charge in [-0.05, 0) is 37.8 Å². The van der Waals surface area contributed by atoms with Gasteiger partial charge in [-0.2, -0.15) is 5.10 Å². The second-order valence-corrected chi connectivity index (χ2v) is 7.29. The highest BCUT2D eigenvalue weighted by Gasteiger charge is 2.37. The molecule has 1 aromatic heterocycles. The van der Waals surface area contributed by atoms with Crippen LogP contribution in [-0.2, 0) is 16.1 Å². The molecule has 1 saturated carbocycles. The molecule has 1 aliphatic carbocycles. The van der Waals surface area contributed by atoms with E-state index in [9.17, 15) is 18.4 Å².